The largest absolute Gasteiger partial charge is 0.478 e. The topological polar surface area (TPSA) is 38.7 Å². The second kappa shape index (κ2) is 5.06. The van der Waals surface area contributed by atoms with Gasteiger partial charge in [0.05, 0.1) is 0 Å². The maximum Gasteiger partial charge on any atom is 0.319 e. The lowest BCUT2D eigenvalue weighted by molar-refractivity contribution is 0.107. The van der Waals surface area contributed by atoms with Crippen molar-refractivity contribution in [2.45, 2.75) is 12.3 Å². The second-order valence-corrected chi connectivity index (χ2v) is 4.43. The molecule has 1 N–H and O–H groups in total. The average Bonchev–Trinajstić information content (AvgIpc) is 2.48. The van der Waals surface area contributed by atoms with Gasteiger partial charge in [-0.2, -0.15) is 0 Å². The van der Waals surface area contributed by atoms with Gasteiger partial charge in [-0.05, 0) is 12.0 Å². The molecule has 96 valence electrons. The van der Waals surface area contributed by atoms with Crippen LogP contribution in [0.4, 0.5) is 0 Å². The highest BCUT2D eigenvalue weighted by molar-refractivity contribution is 5.43. The summed E-state index contributed by atoms with van der Waals surface area (Å²) in [5.41, 5.74) is 2.23. The second-order valence-electron chi connectivity index (χ2n) is 4.43. The van der Waals surface area contributed by atoms with Gasteiger partial charge in [0.2, 0.25) is 0 Å². The van der Waals surface area contributed by atoms with E-state index in [0.717, 1.165) is 12.0 Å². The minimum absolute atomic E-state index is 0.215. The fourth-order valence-electron chi connectivity index (χ4n) is 2.33. The number of hydrogen-bond donors (Lipinski definition) is 1. The minimum atomic E-state index is -0.222. The van der Waals surface area contributed by atoms with Crippen LogP contribution < -0.4 is 0 Å². The molecule has 3 heteroatoms. The Morgan fingerprint density at radius 3 is 2.74 bits per heavy atom. The van der Waals surface area contributed by atoms with Crippen molar-refractivity contribution in [3.8, 4) is 0 Å². The average molecular weight is 254 g/mol. The quantitative estimate of drug-likeness (QED) is 0.869. The Labute approximate surface area is 111 Å². The summed E-state index contributed by atoms with van der Waals surface area (Å²) >= 11 is 0. The van der Waals surface area contributed by atoms with E-state index in [1.54, 1.807) is 0 Å². The minimum Gasteiger partial charge on any atom is -0.478 e. The van der Waals surface area contributed by atoms with Crippen LogP contribution in [-0.2, 0) is 9.47 Å². The van der Waals surface area contributed by atoms with Crippen LogP contribution in [0.15, 0.2) is 78.4 Å². The first-order valence-corrected chi connectivity index (χ1v) is 6.19. The molecule has 0 fully saturated rings. The van der Waals surface area contributed by atoms with Gasteiger partial charge in [-0.3, -0.25) is 0 Å². The molecule has 0 amide bonds. The van der Waals surface area contributed by atoms with Gasteiger partial charge in [0.15, 0.2) is 12.0 Å². The van der Waals surface area contributed by atoms with E-state index in [1.165, 1.54) is 18.1 Å². The van der Waals surface area contributed by atoms with Crippen LogP contribution in [0.3, 0.4) is 0 Å². The lowest BCUT2D eigenvalue weighted by atomic mass is 9.84. The van der Waals surface area contributed by atoms with E-state index in [4.69, 9.17) is 9.47 Å². The van der Waals surface area contributed by atoms with Crippen molar-refractivity contribution in [3.63, 3.8) is 0 Å². The highest BCUT2D eigenvalue weighted by Crippen LogP contribution is 2.37. The molecule has 3 nitrogen and oxygen atoms in total. The molecule has 1 unspecified atom stereocenters. The molecular formula is C16H14O3. The monoisotopic (exact) mass is 254 g/mol. The fraction of sp³-hybridized carbons (Fsp3) is 0.125. The number of benzene rings is 1. The van der Waals surface area contributed by atoms with Crippen LogP contribution in [0, 0.1) is 0 Å². The number of hydrogen-bond acceptors (Lipinski definition) is 3. The molecule has 1 aliphatic heterocycles. The lowest BCUT2D eigenvalue weighted by Gasteiger charge is -2.24. The fourth-order valence-corrected chi connectivity index (χ4v) is 2.33. The molecule has 19 heavy (non-hydrogen) atoms. The summed E-state index contributed by atoms with van der Waals surface area (Å²) in [5, 5.41) is 9.39. The predicted octanol–water partition coefficient (Wildman–Crippen LogP) is 3.90. The smallest absolute Gasteiger partial charge is 0.319 e. The van der Waals surface area contributed by atoms with Gasteiger partial charge in [0, 0.05) is 11.5 Å². The molecule has 3 rings (SSSR count). The molecule has 0 saturated carbocycles. The third kappa shape index (κ3) is 2.40. The molecule has 1 heterocycles. The van der Waals surface area contributed by atoms with E-state index in [-0.39, 0.29) is 11.9 Å². The maximum atomic E-state index is 9.39. The molecule has 1 aromatic carbocycles. The Bertz CT molecular complexity index is 579. The van der Waals surface area contributed by atoms with E-state index in [2.05, 4.69) is 18.2 Å². The molecule has 1 aliphatic carbocycles. The molecule has 1 aromatic rings. The van der Waals surface area contributed by atoms with Gasteiger partial charge in [-0.25, -0.2) is 0 Å². The molecule has 1 atom stereocenters. The predicted molar refractivity (Wildman–Crippen MR) is 72.0 cm³/mol. The van der Waals surface area contributed by atoms with E-state index in [0.29, 0.717) is 5.76 Å². The molecule has 0 bridgehead atoms. The molecular weight excluding hydrogens is 240 g/mol. The summed E-state index contributed by atoms with van der Waals surface area (Å²) in [6.45, 7) is 0. The van der Waals surface area contributed by atoms with Gasteiger partial charge < -0.3 is 14.6 Å². The van der Waals surface area contributed by atoms with Crippen molar-refractivity contribution in [2.24, 2.45) is 0 Å². The van der Waals surface area contributed by atoms with E-state index in [1.807, 2.05) is 30.4 Å². The summed E-state index contributed by atoms with van der Waals surface area (Å²) in [5.74, 6) is 0.546. The van der Waals surface area contributed by atoms with E-state index >= 15 is 0 Å². The van der Waals surface area contributed by atoms with Crippen molar-refractivity contribution >= 4 is 0 Å². The zero-order chi connectivity index (χ0) is 13.1. The van der Waals surface area contributed by atoms with E-state index in [9.17, 15) is 5.11 Å². The van der Waals surface area contributed by atoms with Gasteiger partial charge >= 0.3 is 5.95 Å². The van der Waals surface area contributed by atoms with E-state index < -0.39 is 0 Å². The zero-order valence-electron chi connectivity index (χ0n) is 10.3. The molecule has 0 aromatic heterocycles. The number of ether oxygens (including phenoxy) is 2. The highest BCUT2D eigenvalue weighted by atomic mass is 16.6. The molecule has 0 radical (unpaired) electrons. The first-order valence-electron chi connectivity index (χ1n) is 6.19. The van der Waals surface area contributed by atoms with Crippen LogP contribution in [0.2, 0.25) is 0 Å². The molecule has 0 saturated heterocycles. The normalized spacial score (nSPS) is 21.7. The summed E-state index contributed by atoms with van der Waals surface area (Å²) in [6.07, 6.45) is 9.70. The van der Waals surface area contributed by atoms with Crippen molar-refractivity contribution in [2.75, 3.05) is 0 Å². The van der Waals surface area contributed by atoms with Crippen molar-refractivity contribution in [3.05, 3.63) is 83.9 Å². The Morgan fingerprint density at radius 1 is 1.11 bits per heavy atom. The number of aliphatic hydroxyl groups excluding tert-OH is 1. The van der Waals surface area contributed by atoms with Crippen molar-refractivity contribution in [1.82, 2.24) is 0 Å². The SMILES string of the molecule is OC1=COC=C(C2=CC=CCC2c2ccccc2)O1. The van der Waals surface area contributed by atoms with Crippen LogP contribution in [-0.4, -0.2) is 5.11 Å². The van der Waals surface area contributed by atoms with Crippen molar-refractivity contribution in [1.29, 1.82) is 0 Å². The maximum absolute atomic E-state index is 9.39. The molecule has 2 aliphatic rings. The Morgan fingerprint density at radius 2 is 1.95 bits per heavy atom. The van der Waals surface area contributed by atoms with Crippen LogP contribution >= 0.6 is 0 Å². The summed E-state index contributed by atoms with van der Waals surface area (Å²) in [7, 11) is 0. The van der Waals surface area contributed by atoms with Gasteiger partial charge in [-0.1, -0.05) is 48.6 Å². The standard InChI is InChI=1S/C16H14O3/c17-16-11-18-10-15(19-16)14-9-5-4-8-13(14)12-6-2-1-3-7-12/h1-7,9-11,13,17H,8H2. The summed E-state index contributed by atoms with van der Waals surface area (Å²) < 4.78 is 10.4. The van der Waals surface area contributed by atoms with Gasteiger partial charge in [0.25, 0.3) is 0 Å². The zero-order valence-corrected chi connectivity index (χ0v) is 10.3. The van der Waals surface area contributed by atoms with Crippen LogP contribution in [0.25, 0.3) is 0 Å². The highest BCUT2D eigenvalue weighted by Gasteiger charge is 2.24. The third-order valence-corrected chi connectivity index (χ3v) is 3.20. The summed E-state index contributed by atoms with van der Waals surface area (Å²) in [4.78, 5) is 0. The molecule has 0 spiro atoms. The number of rotatable bonds is 2. The first-order chi connectivity index (χ1) is 9.34. The Kier molecular flexibility index (Phi) is 3.11. The van der Waals surface area contributed by atoms with Gasteiger partial charge in [-0.15, -0.1) is 0 Å². The van der Waals surface area contributed by atoms with Crippen molar-refractivity contribution < 1.29 is 14.6 Å². The first kappa shape index (κ1) is 11.7. The summed E-state index contributed by atoms with van der Waals surface area (Å²) in [6, 6.07) is 10.2. The Balaban J connectivity index is 1.92. The van der Waals surface area contributed by atoms with Gasteiger partial charge in [0.1, 0.15) is 6.26 Å². The lowest BCUT2D eigenvalue weighted by Crippen LogP contribution is -2.11. The Hall–Kier alpha value is -2.42. The van der Waals surface area contributed by atoms with Crippen LogP contribution in [0.5, 0.6) is 0 Å². The number of allylic oxidation sites excluding steroid dienone is 4. The number of aliphatic hydroxyl groups is 1. The van der Waals surface area contributed by atoms with Crippen LogP contribution in [0.1, 0.15) is 17.9 Å². The third-order valence-electron chi connectivity index (χ3n) is 3.20.